The van der Waals surface area contributed by atoms with Crippen LogP contribution in [0.25, 0.3) is 10.2 Å². The summed E-state index contributed by atoms with van der Waals surface area (Å²) < 4.78 is 11.8. The first-order valence-corrected chi connectivity index (χ1v) is 10.9. The fourth-order valence-electron chi connectivity index (χ4n) is 3.28. The van der Waals surface area contributed by atoms with E-state index in [0.29, 0.717) is 51.5 Å². The van der Waals surface area contributed by atoms with Crippen molar-refractivity contribution in [3.8, 4) is 5.75 Å². The number of para-hydroxylation sites is 2. The van der Waals surface area contributed by atoms with Crippen LogP contribution < -0.4 is 15.6 Å². The van der Waals surface area contributed by atoms with Gasteiger partial charge in [0.1, 0.15) is 16.6 Å². The molecule has 0 aliphatic carbocycles. The Morgan fingerprint density at radius 2 is 2.00 bits per heavy atom. The molecule has 8 nitrogen and oxygen atoms in total. The van der Waals surface area contributed by atoms with E-state index in [1.165, 1.54) is 18.0 Å². The van der Waals surface area contributed by atoms with Crippen LogP contribution in [0, 0.1) is 6.92 Å². The number of thiophene rings is 1. The van der Waals surface area contributed by atoms with Crippen LogP contribution >= 0.6 is 11.3 Å². The topological polar surface area (TPSA) is 99.5 Å². The molecule has 1 atom stereocenters. The molecule has 0 bridgehead atoms. The molecule has 0 aliphatic heterocycles. The number of hydrogen-bond acceptors (Lipinski definition) is 7. The fourth-order valence-corrected chi connectivity index (χ4v) is 4.31. The zero-order valence-corrected chi connectivity index (χ0v) is 18.7. The molecule has 0 aliphatic rings. The van der Waals surface area contributed by atoms with E-state index in [2.05, 4.69) is 10.3 Å². The number of carbonyl (C=O) groups is 2. The van der Waals surface area contributed by atoms with Crippen LogP contribution in [0.3, 0.4) is 0 Å². The first kappa shape index (κ1) is 22.5. The maximum absolute atomic E-state index is 13.2. The van der Waals surface area contributed by atoms with Gasteiger partial charge in [-0.05, 0) is 37.5 Å². The molecule has 0 saturated carbocycles. The maximum atomic E-state index is 13.2. The van der Waals surface area contributed by atoms with E-state index in [1.807, 2.05) is 6.92 Å². The molecule has 1 unspecified atom stereocenters. The SMILES string of the molecule is CCCOC(=O)C(CC)n1cnc2sc(C(=O)Nc3ccccc3OC)c(C)c2c1=O. The van der Waals surface area contributed by atoms with Crippen LogP contribution in [0.5, 0.6) is 5.75 Å². The van der Waals surface area contributed by atoms with Crippen LogP contribution in [0.2, 0.25) is 0 Å². The normalized spacial score (nSPS) is 11.9. The number of hydrogen-bond donors (Lipinski definition) is 1. The summed E-state index contributed by atoms with van der Waals surface area (Å²) in [6.45, 7) is 5.71. The molecule has 0 radical (unpaired) electrons. The van der Waals surface area contributed by atoms with Gasteiger partial charge in [0.15, 0.2) is 0 Å². The highest BCUT2D eigenvalue weighted by molar-refractivity contribution is 7.20. The number of aryl methyl sites for hydroxylation is 1. The standard InChI is InChI=1S/C22H25N3O5S/c1-5-11-30-22(28)15(6-2)25-12-23-20-17(21(25)27)13(3)18(31-20)19(26)24-14-9-7-8-10-16(14)29-4/h7-10,12,15H,5-6,11H2,1-4H3,(H,24,26). The molecule has 0 saturated heterocycles. The molecule has 2 heterocycles. The molecule has 1 aromatic carbocycles. The Morgan fingerprint density at radius 1 is 1.26 bits per heavy atom. The summed E-state index contributed by atoms with van der Waals surface area (Å²) >= 11 is 1.14. The minimum atomic E-state index is -0.763. The lowest BCUT2D eigenvalue weighted by atomic mass is 10.2. The first-order valence-electron chi connectivity index (χ1n) is 10.0. The van der Waals surface area contributed by atoms with Gasteiger partial charge in [0.25, 0.3) is 11.5 Å². The van der Waals surface area contributed by atoms with Crippen LogP contribution in [0.15, 0.2) is 35.4 Å². The van der Waals surface area contributed by atoms with Crippen molar-refractivity contribution in [3.05, 3.63) is 51.4 Å². The van der Waals surface area contributed by atoms with Crippen molar-refractivity contribution >= 4 is 39.1 Å². The number of nitrogens with one attached hydrogen (secondary N) is 1. The van der Waals surface area contributed by atoms with Crippen molar-refractivity contribution in [1.82, 2.24) is 9.55 Å². The number of aromatic nitrogens is 2. The number of rotatable bonds is 8. The Morgan fingerprint density at radius 3 is 2.68 bits per heavy atom. The van der Waals surface area contributed by atoms with Gasteiger partial charge in [-0.1, -0.05) is 26.0 Å². The van der Waals surface area contributed by atoms with Gasteiger partial charge in [-0.15, -0.1) is 11.3 Å². The van der Waals surface area contributed by atoms with E-state index < -0.39 is 12.0 Å². The summed E-state index contributed by atoms with van der Waals surface area (Å²) in [6.07, 6.45) is 2.44. The minimum Gasteiger partial charge on any atom is -0.495 e. The summed E-state index contributed by atoms with van der Waals surface area (Å²) in [5.41, 5.74) is 0.688. The average molecular weight is 444 g/mol. The highest BCUT2D eigenvalue weighted by atomic mass is 32.1. The number of amides is 1. The third-order valence-electron chi connectivity index (χ3n) is 4.88. The van der Waals surface area contributed by atoms with Gasteiger partial charge in [0, 0.05) is 0 Å². The summed E-state index contributed by atoms with van der Waals surface area (Å²) in [5, 5.41) is 3.16. The second-order valence-electron chi connectivity index (χ2n) is 6.94. The summed E-state index contributed by atoms with van der Waals surface area (Å²) in [7, 11) is 1.53. The molecule has 9 heteroatoms. The predicted molar refractivity (Wildman–Crippen MR) is 120 cm³/mol. The number of esters is 1. The number of fused-ring (bicyclic) bond motifs is 1. The number of methoxy groups -OCH3 is 1. The van der Waals surface area contributed by atoms with Gasteiger partial charge in [0.05, 0.1) is 36.0 Å². The molecule has 1 N–H and O–H groups in total. The lowest BCUT2D eigenvalue weighted by Crippen LogP contribution is -2.31. The smallest absolute Gasteiger partial charge is 0.329 e. The van der Waals surface area contributed by atoms with Crippen molar-refractivity contribution in [1.29, 1.82) is 0 Å². The van der Waals surface area contributed by atoms with E-state index in [1.54, 1.807) is 38.1 Å². The van der Waals surface area contributed by atoms with Crippen molar-refractivity contribution in [2.24, 2.45) is 0 Å². The average Bonchev–Trinajstić information content (AvgIpc) is 3.12. The second-order valence-corrected chi connectivity index (χ2v) is 7.94. The van der Waals surface area contributed by atoms with Gasteiger partial charge in [0.2, 0.25) is 0 Å². The van der Waals surface area contributed by atoms with Crippen molar-refractivity contribution in [3.63, 3.8) is 0 Å². The lowest BCUT2D eigenvalue weighted by molar-refractivity contribution is -0.147. The van der Waals surface area contributed by atoms with Crippen LogP contribution in [-0.2, 0) is 9.53 Å². The lowest BCUT2D eigenvalue weighted by Gasteiger charge is -2.16. The monoisotopic (exact) mass is 443 g/mol. The molecule has 164 valence electrons. The van der Waals surface area contributed by atoms with E-state index in [0.717, 1.165) is 11.3 Å². The number of ether oxygens (including phenoxy) is 2. The molecule has 2 aromatic heterocycles. The van der Waals surface area contributed by atoms with Crippen molar-refractivity contribution in [2.45, 2.75) is 39.7 Å². The molecular weight excluding hydrogens is 418 g/mol. The Kier molecular flexibility index (Phi) is 7.06. The summed E-state index contributed by atoms with van der Waals surface area (Å²) in [4.78, 5) is 43.7. The van der Waals surface area contributed by atoms with Gasteiger partial charge in [-0.25, -0.2) is 9.78 Å². The largest absolute Gasteiger partial charge is 0.495 e. The minimum absolute atomic E-state index is 0.296. The third kappa shape index (κ3) is 4.46. The Balaban J connectivity index is 1.99. The summed E-state index contributed by atoms with van der Waals surface area (Å²) in [5.74, 6) is -0.286. The predicted octanol–water partition coefficient (Wildman–Crippen LogP) is 3.93. The van der Waals surface area contributed by atoms with Crippen molar-refractivity contribution in [2.75, 3.05) is 19.0 Å². The van der Waals surface area contributed by atoms with Gasteiger partial charge in [-0.3, -0.25) is 14.2 Å². The maximum Gasteiger partial charge on any atom is 0.329 e. The Hall–Kier alpha value is -3.20. The Bertz CT molecular complexity index is 1170. The molecule has 0 spiro atoms. The zero-order valence-electron chi connectivity index (χ0n) is 17.9. The number of carbonyl (C=O) groups excluding carboxylic acids is 2. The second kappa shape index (κ2) is 9.74. The van der Waals surface area contributed by atoms with Crippen molar-refractivity contribution < 1.29 is 19.1 Å². The van der Waals surface area contributed by atoms with Gasteiger partial charge < -0.3 is 14.8 Å². The first-order chi connectivity index (χ1) is 14.9. The molecule has 0 fully saturated rings. The Labute approximate surface area is 183 Å². The quantitative estimate of drug-likeness (QED) is 0.530. The fraction of sp³-hybridized carbons (Fsp3) is 0.364. The van der Waals surface area contributed by atoms with Gasteiger partial charge in [-0.2, -0.15) is 0 Å². The molecule has 3 rings (SSSR count). The molecule has 3 aromatic rings. The number of benzene rings is 1. The van der Waals surface area contributed by atoms with Crippen LogP contribution in [0.4, 0.5) is 5.69 Å². The molecule has 31 heavy (non-hydrogen) atoms. The van der Waals surface area contributed by atoms with Crippen LogP contribution in [0.1, 0.15) is 48.0 Å². The highest BCUT2D eigenvalue weighted by Gasteiger charge is 2.25. The van der Waals surface area contributed by atoms with Crippen LogP contribution in [-0.4, -0.2) is 35.1 Å². The number of nitrogens with zero attached hydrogens (tertiary/aromatic N) is 2. The van der Waals surface area contributed by atoms with E-state index >= 15 is 0 Å². The molecular formula is C22H25N3O5S. The van der Waals surface area contributed by atoms with E-state index in [9.17, 15) is 14.4 Å². The summed E-state index contributed by atoms with van der Waals surface area (Å²) in [6, 6.07) is 6.31. The van der Waals surface area contributed by atoms with E-state index in [-0.39, 0.29) is 11.5 Å². The van der Waals surface area contributed by atoms with E-state index in [4.69, 9.17) is 9.47 Å². The third-order valence-corrected chi connectivity index (χ3v) is 6.08. The molecule has 1 amide bonds. The zero-order chi connectivity index (χ0) is 22.5. The number of anilines is 1. The van der Waals surface area contributed by atoms with Gasteiger partial charge >= 0.3 is 5.97 Å². The highest BCUT2D eigenvalue weighted by Crippen LogP contribution is 2.30.